The number of benzene rings is 1. The van der Waals surface area contributed by atoms with Gasteiger partial charge in [0.1, 0.15) is 6.61 Å². The Morgan fingerprint density at radius 3 is 2.30 bits per heavy atom. The van der Waals surface area contributed by atoms with Crippen molar-refractivity contribution in [3.05, 3.63) is 35.9 Å². The lowest BCUT2D eigenvalue weighted by Gasteiger charge is -2.21. The number of carbonyl (C=O) groups is 2. The summed E-state index contributed by atoms with van der Waals surface area (Å²) >= 11 is 0. The van der Waals surface area contributed by atoms with Crippen LogP contribution in [0.5, 0.6) is 0 Å². The van der Waals surface area contributed by atoms with Crippen molar-refractivity contribution in [2.24, 2.45) is 0 Å². The lowest BCUT2D eigenvalue weighted by molar-refractivity contribution is -0.149. The second-order valence-electron chi connectivity index (χ2n) is 4.86. The second kappa shape index (κ2) is 11.6. The maximum Gasteiger partial charge on any atom is 0.332 e. The van der Waals surface area contributed by atoms with Crippen LogP contribution in [0.1, 0.15) is 19.4 Å². The van der Waals surface area contributed by atoms with Gasteiger partial charge in [0.25, 0.3) is 0 Å². The van der Waals surface area contributed by atoms with Crippen molar-refractivity contribution in [2.45, 2.75) is 20.4 Å². The van der Waals surface area contributed by atoms with Gasteiger partial charge in [-0.3, -0.25) is 9.69 Å². The Kier molecular flexibility index (Phi) is 9.66. The van der Waals surface area contributed by atoms with Crippen molar-refractivity contribution >= 4 is 11.9 Å². The highest BCUT2D eigenvalue weighted by molar-refractivity contribution is 5.71. The number of esters is 2. The first-order chi connectivity index (χ1) is 11.2. The minimum absolute atomic E-state index is 0.0770. The molecule has 1 aromatic rings. The quantitative estimate of drug-likeness (QED) is 0.455. The molecule has 1 rings (SSSR count). The summed E-state index contributed by atoms with van der Waals surface area (Å²) in [4.78, 5) is 24.8. The van der Waals surface area contributed by atoms with Crippen molar-refractivity contribution in [1.29, 1.82) is 0 Å². The molecule has 0 unspecified atom stereocenters. The molecule has 0 aliphatic rings. The topological polar surface area (TPSA) is 65.1 Å². The summed E-state index contributed by atoms with van der Waals surface area (Å²) in [5.41, 5.74) is 1.10. The summed E-state index contributed by atoms with van der Waals surface area (Å²) in [6.45, 7) is 5.81. The van der Waals surface area contributed by atoms with E-state index in [9.17, 15) is 9.59 Å². The van der Waals surface area contributed by atoms with Gasteiger partial charge in [-0.2, -0.15) is 0 Å². The zero-order valence-corrected chi connectivity index (χ0v) is 13.8. The molecule has 0 N–H and O–H groups in total. The third-order valence-electron chi connectivity index (χ3n) is 2.98. The van der Waals surface area contributed by atoms with Crippen LogP contribution >= 0.6 is 0 Å². The first-order valence-electron chi connectivity index (χ1n) is 7.81. The minimum Gasteiger partial charge on any atom is -0.465 e. The molecule has 128 valence electrons. The Morgan fingerprint density at radius 1 is 1.00 bits per heavy atom. The van der Waals surface area contributed by atoms with E-state index in [0.717, 1.165) is 5.56 Å². The van der Waals surface area contributed by atoms with Gasteiger partial charge in [0.05, 0.1) is 26.4 Å². The van der Waals surface area contributed by atoms with E-state index in [1.165, 1.54) is 0 Å². The Labute approximate surface area is 137 Å². The van der Waals surface area contributed by atoms with E-state index in [4.69, 9.17) is 14.2 Å². The van der Waals surface area contributed by atoms with Crippen LogP contribution in [0.4, 0.5) is 0 Å². The Bertz CT molecular complexity index is 463. The maximum atomic E-state index is 11.7. The third-order valence-corrected chi connectivity index (χ3v) is 2.98. The predicted octanol–water partition coefficient (Wildman–Crippen LogP) is 1.63. The first-order valence-corrected chi connectivity index (χ1v) is 7.81. The molecule has 0 fully saturated rings. The molecule has 6 heteroatoms. The molecular weight excluding hydrogens is 298 g/mol. The average molecular weight is 323 g/mol. The predicted molar refractivity (Wildman–Crippen MR) is 85.8 cm³/mol. The summed E-state index contributed by atoms with van der Waals surface area (Å²) in [7, 11) is 0. The Balaban J connectivity index is 2.44. The second-order valence-corrected chi connectivity index (χ2v) is 4.86. The largest absolute Gasteiger partial charge is 0.465 e. The van der Waals surface area contributed by atoms with Gasteiger partial charge in [0.2, 0.25) is 0 Å². The van der Waals surface area contributed by atoms with E-state index in [-0.39, 0.29) is 25.1 Å². The summed E-state index contributed by atoms with van der Waals surface area (Å²) in [6.07, 6.45) is 0. The molecule has 0 aliphatic heterocycles. The number of carbonyl (C=O) groups excluding carboxylic acids is 2. The third kappa shape index (κ3) is 8.95. The van der Waals surface area contributed by atoms with E-state index in [2.05, 4.69) is 0 Å². The molecule has 0 amide bonds. The maximum absolute atomic E-state index is 11.7. The van der Waals surface area contributed by atoms with Gasteiger partial charge in [-0.15, -0.1) is 0 Å². The molecule has 0 aliphatic carbocycles. The van der Waals surface area contributed by atoms with Gasteiger partial charge < -0.3 is 14.2 Å². The Morgan fingerprint density at radius 2 is 1.65 bits per heavy atom. The summed E-state index contributed by atoms with van der Waals surface area (Å²) in [5, 5.41) is 0. The van der Waals surface area contributed by atoms with E-state index in [0.29, 0.717) is 32.9 Å². The van der Waals surface area contributed by atoms with E-state index in [1.54, 1.807) is 13.8 Å². The fourth-order valence-corrected chi connectivity index (χ4v) is 2.00. The van der Waals surface area contributed by atoms with Gasteiger partial charge in [-0.1, -0.05) is 30.3 Å². The standard InChI is InChI=1S/C17H25NO5/c1-3-22-16(19)13-18(12-15-8-6-5-7-9-15)10-11-21-14-17(20)23-4-2/h5-9H,3-4,10-14H2,1-2H3. The molecule has 6 nitrogen and oxygen atoms in total. The fourth-order valence-electron chi connectivity index (χ4n) is 2.00. The molecule has 0 radical (unpaired) electrons. The van der Waals surface area contributed by atoms with Crippen LogP contribution in [0.3, 0.4) is 0 Å². The minimum atomic E-state index is -0.382. The molecule has 0 heterocycles. The number of rotatable bonds is 11. The van der Waals surface area contributed by atoms with Crippen LogP contribution < -0.4 is 0 Å². The van der Waals surface area contributed by atoms with Crippen molar-refractivity contribution in [2.75, 3.05) is 39.5 Å². The summed E-state index contributed by atoms with van der Waals surface area (Å²) in [5.74, 6) is -0.652. The molecule has 0 aromatic heterocycles. The highest BCUT2D eigenvalue weighted by atomic mass is 16.6. The normalized spacial score (nSPS) is 10.6. The highest BCUT2D eigenvalue weighted by Gasteiger charge is 2.12. The molecule has 0 bridgehead atoms. The molecule has 0 saturated heterocycles. The smallest absolute Gasteiger partial charge is 0.332 e. The van der Waals surface area contributed by atoms with Crippen LogP contribution in [-0.2, 0) is 30.3 Å². The van der Waals surface area contributed by atoms with Gasteiger partial charge >= 0.3 is 11.9 Å². The first kappa shape index (κ1) is 19.1. The van der Waals surface area contributed by atoms with E-state index >= 15 is 0 Å². The van der Waals surface area contributed by atoms with Crippen LogP contribution in [0.2, 0.25) is 0 Å². The molecule has 0 spiro atoms. The number of hydrogen-bond donors (Lipinski definition) is 0. The molecular formula is C17H25NO5. The number of nitrogens with zero attached hydrogens (tertiary/aromatic N) is 1. The van der Waals surface area contributed by atoms with Crippen molar-refractivity contribution in [3.63, 3.8) is 0 Å². The number of hydrogen-bond acceptors (Lipinski definition) is 6. The molecule has 23 heavy (non-hydrogen) atoms. The van der Waals surface area contributed by atoms with Gasteiger partial charge in [-0.25, -0.2) is 4.79 Å². The molecule has 0 saturated carbocycles. The Hall–Kier alpha value is -1.92. The van der Waals surface area contributed by atoms with Crippen LogP contribution in [0.25, 0.3) is 0 Å². The molecule has 0 atom stereocenters. The van der Waals surface area contributed by atoms with Crippen LogP contribution in [0, 0.1) is 0 Å². The van der Waals surface area contributed by atoms with Crippen LogP contribution in [-0.4, -0.2) is 56.4 Å². The number of ether oxygens (including phenoxy) is 3. The van der Waals surface area contributed by atoms with Crippen molar-refractivity contribution in [3.8, 4) is 0 Å². The van der Waals surface area contributed by atoms with Gasteiger partial charge in [0.15, 0.2) is 0 Å². The highest BCUT2D eigenvalue weighted by Crippen LogP contribution is 2.04. The summed E-state index contributed by atoms with van der Waals surface area (Å²) in [6, 6.07) is 9.85. The lowest BCUT2D eigenvalue weighted by Crippen LogP contribution is -2.33. The zero-order valence-electron chi connectivity index (χ0n) is 13.8. The van der Waals surface area contributed by atoms with Crippen molar-refractivity contribution in [1.82, 2.24) is 4.90 Å². The van der Waals surface area contributed by atoms with E-state index < -0.39 is 0 Å². The van der Waals surface area contributed by atoms with Gasteiger partial charge in [-0.05, 0) is 19.4 Å². The zero-order chi connectivity index (χ0) is 16.9. The van der Waals surface area contributed by atoms with E-state index in [1.807, 2.05) is 35.2 Å². The lowest BCUT2D eigenvalue weighted by atomic mass is 10.2. The van der Waals surface area contributed by atoms with Crippen molar-refractivity contribution < 1.29 is 23.8 Å². The monoisotopic (exact) mass is 323 g/mol. The SMILES string of the molecule is CCOC(=O)COCCN(CC(=O)OCC)Cc1ccccc1. The van der Waals surface area contributed by atoms with Crippen LogP contribution in [0.15, 0.2) is 30.3 Å². The van der Waals surface area contributed by atoms with Gasteiger partial charge in [0, 0.05) is 13.1 Å². The summed E-state index contributed by atoms with van der Waals surface area (Å²) < 4.78 is 15.1. The average Bonchev–Trinajstić information content (AvgIpc) is 2.53. The molecule has 1 aromatic carbocycles. The fraction of sp³-hybridized carbons (Fsp3) is 0.529.